The molecule has 0 amide bonds. The van der Waals surface area contributed by atoms with Gasteiger partial charge in [-0.15, -0.1) is 0 Å². The van der Waals surface area contributed by atoms with Crippen LogP contribution in [0.15, 0.2) is 36.4 Å². The van der Waals surface area contributed by atoms with E-state index in [4.69, 9.17) is 0 Å². The Hall–Kier alpha value is -1.04. The third kappa shape index (κ3) is 2.23. The van der Waals surface area contributed by atoms with E-state index in [-0.39, 0.29) is 0 Å². The van der Waals surface area contributed by atoms with Crippen LogP contribution in [0.4, 0.5) is 0 Å². The zero-order valence-electron chi connectivity index (χ0n) is 6.88. The summed E-state index contributed by atoms with van der Waals surface area (Å²) in [7, 11) is 0. The number of allylic oxidation sites excluding steroid dienone is 2. The Morgan fingerprint density at radius 1 is 1.36 bits per heavy atom. The highest BCUT2D eigenvalue weighted by molar-refractivity contribution is 5.27. The minimum Gasteiger partial charge on any atom is -0.0879 e. The van der Waals surface area contributed by atoms with Gasteiger partial charge in [-0.1, -0.05) is 36.4 Å². The highest BCUT2D eigenvalue weighted by atomic mass is 14.0. The Morgan fingerprint density at radius 2 is 2.09 bits per heavy atom. The fourth-order valence-electron chi connectivity index (χ4n) is 1.05. The van der Waals surface area contributed by atoms with E-state index in [9.17, 15) is 0 Å². The topological polar surface area (TPSA) is 0 Å². The quantitative estimate of drug-likeness (QED) is 0.600. The molecule has 0 N–H and O–H groups in total. The van der Waals surface area contributed by atoms with Gasteiger partial charge in [0.15, 0.2) is 0 Å². The average molecular weight is 145 g/mol. The third-order valence-electron chi connectivity index (χ3n) is 1.77. The third-order valence-corrected chi connectivity index (χ3v) is 1.77. The highest BCUT2D eigenvalue weighted by Gasteiger charge is 1.91. The van der Waals surface area contributed by atoms with Crippen molar-refractivity contribution in [3.8, 4) is 0 Å². The van der Waals surface area contributed by atoms with Gasteiger partial charge in [-0.05, 0) is 31.4 Å². The summed E-state index contributed by atoms with van der Waals surface area (Å²) in [5, 5.41) is 0. The molecule has 0 unspecified atom stereocenters. The summed E-state index contributed by atoms with van der Waals surface area (Å²) in [6.07, 6.45) is 4.91. The monoisotopic (exact) mass is 145 g/mol. The zero-order valence-corrected chi connectivity index (χ0v) is 6.88. The molecule has 57 valence electrons. The van der Waals surface area contributed by atoms with Gasteiger partial charge in [0.25, 0.3) is 0 Å². The molecule has 0 aliphatic heterocycles. The van der Waals surface area contributed by atoms with Crippen molar-refractivity contribution in [1.29, 1.82) is 0 Å². The molecule has 0 aliphatic rings. The first-order chi connectivity index (χ1) is 5.34. The Morgan fingerprint density at radius 3 is 2.73 bits per heavy atom. The van der Waals surface area contributed by atoms with E-state index in [1.54, 1.807) is 0 Å². The predicted molar refractivity (Wildman–Crippen MR) is 49.4 cm³/mol. The van der Waals surface area contributed by atoms with Crippen molar-refractivity contribution in [2.75, 3.05) is 0 Å². The summed E-state index contributed by atoms with van der Waals surface area (Å²) in [4.78, 5) is 0. The highest BCUT2D eigenvalue weighted by Crippen LogP contribution is 2.07. The minimum atomic E-state index is 0.996. The standard InChI is InChI=1S/C11H13/c1-3-4-8-11-9-6-5-7-10(11)2/h3-7,9H,1,8H2,2H3/b4-3+. The van der Waals surface area contributed by atoms with Crippen LogP contribution in [-0.4, -0.2) is 0 Å². The van der Waals surface area contributed by atoms with Gasteiger partial charge in [0.05, 0.1) is 0 Å². The first-order valence-corrected chi connectivity index (χ1v) is 3.83. The van der Waals surface area contributed by atoms with E-state index in [0.717, 1.165) is 6.42 Å². The molecule has 0 atom stereocenters. The van der Waals surface area contributed by atoms with E-state index >= 15 is 0 Å². The van der Waals surface area contributed by atoms with E-state index in [2.05, 4.69) is 44.2 Å². The number of rotatable bonds is 2. The lowest BCUT2D eigenvalue weighted by atomic mass is 10.1. The van der Waals surface area contributed by atoms with Gasteiger partial charge in [-0.3, -0.25) is 0 Å². The SMILES string of the molecule is [CH2]/C=C/Cc1ccccc1C. The van der Waals surface area contributed by atoms with Crippen LogP contribution >= 0.6 is 0 Å². The second-order valence-corrected chi connectivity index (χ2v) is 2.60. The van der Waals surface area contributed by atoms with Crippen LogP contribution in [0.25, 0.3) is 0 Å². The first-order valence-electron chi connectivity index (χ1n) is 3.83. The van der Waals surface area contributed by atoms with E-state index in [1.807, 2.05) is 6.08 Å². The van der Waals surface area contributed by atoms with E-state index < -0.39 is 0 Å². The molecule has 0 fully saturated rings. The van der Waals surface area contributed by atoms with Gasteiger partial charge in [0.2, 0.25) is 0 Å². The summed E-state index contributed by atoms with van der Waals surface area (Å²) in [5.41, 5.74) is 2.73. The van der Waals surface area contributed by atoms with Crippen LogP contribution < -0.4 is 0 Å². The van der Waals surface area contributed by atoms with Crippen LogP contribution in [0.3, 0.4) is 0 Å². The molecule has 11 heavy (non-hydrogen) atoms. The number of hydrogen-bond donors (Lipinski definition) is 0. The summed E-state index contributed by atoms with van der Waals surface area (Å²) in [6, 6.07) is 8.41. The normalized spacial score (nSPS) is 10.7. The van der Waals surface area contributed by atoms with Gasteiger partial charge in [0.1, 0.15) is 0 Å². The van der Waals surface area contributed by atoms with Gasteiger partial charge >= 0.3 is 0 Å². The summed E-state index contributed by atoms with van der Waals surface area (Å²) >= 11 is 0. The lowest BCUT2D eigenvalue weighted by Gasteiger charge is -1.99. The molecular weight excluding hydrogens is 132 g/mol. The smallest absolute Gasteiger partial charge is 0.00948 e. The second-order valence-electron chi connectivity index (χ2n) is 2.60. The maximum absolute atomic E-state index is 3.65. The molecule has 0 saturated heterocycles. The van der Waals surface area contributed by atoms with E-state index in [1.165, 1.54) is 11.1 Å². The van der Waals surface area contributed by atoms with Gasteiger partial charge in [0, 0.05) is 0 Å². The van der Waals surface area contributed by atoms with Crippen molar-refractivity contribution in [1.82, 2.24) is 0 Å². The molecule has 0 saturated carbocycles. The molecule has 0 aromatic heterocycles. The number of aryl methyl sites for hydroxylation is 1. The molecule has 1 aromatic rings. The molecule has 0 aliphatic carbocycles. The molecule has 0 heterocycles. The Balaban J connectivity index is 2.77. The molecule has 0 bridgehead atoms. The van der Waals surface area contributed by atoms with Crippen molar-refractivity contribution < 1.29 is 0 Å². The lowest BCUT2D eigenvalue weighted by Crippen LogP contribution is -1.84. The molecule has 0 nitrogen and oxygen atoms in total. The molecule has 0 spiro atoms. The maximum atomic E-state index is 3.65. The lowest BCUT2D eigenvalue weighted by molar-refractivity contribution is 1.21. The zero-order chi connectivity index (χ0) is 8.10. The summed E-state index contributed by atoms with van der Waals surface area (Å²) < 4.78 is 0. The van der Waals surface area contributed by atoms with Gasteiger partial charge in [-0.2, -0.15) is 0 Å². The Kier molecular flexibility index (Phi) is 2.91. The Bertz CT molecular complexity index is 246. The van der Waals surface area contributed by atoms with E-state index in [0.29, 0.717) is 0 Å². The maximum Gasteiger partial charge on any atom is -0.00948 e. The van der Waals surface area contributed by atoms with Crippen LogP contribution in [0.2, 0.25) is 0 Å². The molecule has 1 rings (SSSR count). The molecule has 1 radical (unpaired) electrons. The predicted octanol–water partition coefficient (Wildman–Crippen LogP) is 2.93. The second kappa shape index (κ2) is 3.97. The fraction of sp³-hybridized carbons (Fsp3) is 0.182. The summed E-state index contributed by atoms with van der Waals surface area (Å²) in [5.74, 6) is 0. The van der Waals surface area contributed by atoms with Crippen LogP contribution in [0.5, 0.6) is 0 Å². The van der Waals surface area contributed by atoms with Gasteiger partial charge in [-0.25, -0.2) is 0 Å². The fourth-order valence-corrected chi connectivity index (χ4v) is 1.05. The molecular formula is C11H13. The van der Waals surface area contributed by atoms with Crippen molar-refractivity contribution in [2.45, 2.75) is 13.3 Å². The van der Waals surface area contributed by atoms with Crippen LogP contribution in [0.1, 0.15) is 11.1 Å². The van der Waals surface area contributed by atoms with Crippen molar-refractivity contribution in [3.63, 3.8) is 0 Å². The van der Waals surface area contributed by atoms with Crippen molar-refractivity contribution >= 4 is 0 Å². The summed E-state index contributed by atoms with van der Waals surface area (Å²) in [6.45, 7) is 5.78. The van der Waals surface area contributed by atoms with Gasteiger partial charge < -0.3 is 0 Å². The van der Waals surface area contributed by atoms with Crippen molar-refractivity contribution in [2.24, 2.45) is 0 Å². The minimum absolute atomic E-state index is 0.996. The molecule has 0 heteroatoms. The average Bonchev–Trinajstić information content (AvgIpc) is 2.03. The first kappa shape index (κ1) is 8.06. The van der Waals surface area contributed by atoms with Crippen LogP contribution in [0, 0.1) is 13.8 Å². The number of hydrogen-bond acceptors (Lipinski definition) is 0. The van der Waals surface area contributed by atoms with Crippen LogP contribution in [-0.2, 0) is 6.42 Å². The van der Waals surface area contributed by atoms with Crippen molar-refractivity contribution in [3.05, 3.63) is 54.5 Å². The Labute approximate surface area is 68.6 Å². The number of benzene rings is 1. The largest absolute Gasteiger partial charge is 0.0879 e. The molecule has 1 aromatic carbocycles.